The number of amides is 1. The highest BCUT2D eigenvalue weighted by molar-refractivity contribution is 9.10. The number of nitrogens with zero attached hydrogens (tertiary/aromatic N) is 1. The smallest absolute Gasteiger partial charge is 0.226 e. The quantitative estimate of drug-likeness (QED) is 0.893. The molecule has 112 valence electrons. The van der Waals surface area contributed by atoms with Gasteiger partial charge < -0.3 is 15.0 Å². The number of carbonyl (C=O) groups excluding carboxylic acids is 1. The van der Waals surface area contributed by atoms with Crippen molar-refractivity contribution >= 4 is 34.2 Å². The summed E-state index contributed by atoms with van der Waals surface area (Å²) in [4.78, 5) is 13.9. The predicted octanol–water partition coefficient (Wildman–Crippen LogP) is 2.46. The largest absolute Gasteiger partial charge is 0.492 e. The number of hydrogen-bond donors (Lipinski definition) is 1. The Hall–Kier alpha value is -0.780. The summed E-state index contributed by atoms with van der Waals surface area (Å²) in [5, 5.41) is 3.32. The molecule has 1 fully saturated rings. The molecule has 1 aliphatic heterocycles. The Morgan fingerprint density at radius 1 is 1.50 bits per heavy atom. The van der Waals surface area contributed by atoms with Crippen molar-refractivity contribution in [3.8, 4) is 5.75 Å². The average Bonchev–Trinajstić information content (AvgIpc) is 2.41. The maximum Gasteiger partial charge on any atom is 0.226 e. The molecule has 0 spiro atoms. The van der Waals surface area contributed by atoms with Gasteiger partial charge in [-0.15, -0.1) is 12.4 Å². The van der Waals surface area contributed by atoms with Crippen LogP contribution in [0.15, 0.2) is 28.7 Å². The first kappa shape index (κ1) is 17.3. The Bertz CT molecular complexity index is 445. The normalized spacial score (nSPS) is 18.3. The maximum atomic E-state index is 12.0. The summed E-state index contributed by atoms with van der Waals surface area (Å²) in [6.07, 6.45) is 0.425. The molecule has 1 aromatic rings. The van der Waals surface area contributed by atoms with Crippen molar-refractivity contribution in [3.63, 3.8) is 0 Å². The third-order valence-electron chi connectivity index (χ3n) is 3.13. The summed E-state index contributed by atoms with van der Waals surface area (Å²) in [6, 6.07) is 8.04. The van der Waals surface area contributed by atoms with Crippen LogP contribution in [0.4, 0.5) is 0 Å². The second kappa shape index (κ2) is 8.49. The van der Waals surface area contributed by atoms with Crippen LogP contribution in [-0.4, -0.2) is 43.1 Å². The summed E-state index contributed by atoms with van der Waals surface area (Å²) < 4.78 is 6.53. The molecule has 1 aliphatic rings. The number of piperazine rings is 1. The molecule has 20 heavy (non-hydrogen) atoms. The van der Waals surface area contributed by atoms with Gasteiger partial charge in [-0.1, -0.05) is 12.1 Å². The zero-order valence-electron chi connectivity index (χ0n) is 11.5. The van der Waals surface area contributed by atoms with E-state index >= 15 is 0 Å². The van der Waals surface area contributed by atoms with Gasteiger partial charge in [-0.2, -0.15) is 0 Å². The van der Waals surface area contributed by atoms with E-state index in [9.17, 15) is 4.79 Å². The fraction of sp³-hybridized carbons (Fsp3) is 0.500. The van der Waals surface area contributed by atoms with Gasteiger partial charge in [-0.05, 0) is 35.0 Å². The Morgan fingerprint density at radius 3 is 2.95 bits per heavy atom. The van der Waals surface area contributed by atoms with Crippen molar-refractivity contribution in [2.75, 3.05) is 26.2 Å². The second-order valence-corrected chi connectivity index (χ2v) is 5.58. The topological polar surface area (TPSA) is 41.6 Å². The van der Waals surface area contributed by atoms with Gasteiger partial charge in [-0.3, -0.25) is 4.79 Å². The molecule has 1 atom stereocenters. The van der Waals surface area contributed by atoms with Crippen LogP contribution in [0, 0.1) is 0 Å². The van der Waals surface area contributed by atoms with E-state index in [-0.39, 0.29) is 18.3 Å². The maximum absolute atomic E-state index is 12.0. The monoisotopic (exact) mass is 362 g/mol. The molecule has 1 heterocycles. The molecular weight excluding hydrogens is 344 g/mol. The van der Waals surface area contributed by atoms with Crippen LogP contribution < -0.4 is 10.1 Å². The molecule has 1 unspecified atom stereocenters. The number of ether oxygens (including phenoxy) is 1. The minimum atomic E-state index is 0. The molecule has 1 aromatic carbocycles. The lowest BCUT2D eigenvalue weighted by atomic mass is 10.2. The van der Waals surface area contributed by atoms with E-state index < -0.39 is 0 Å². The predicted molar refractivity (Wildman–Crippen MR) is 85.5 cm³/mol. The lowest BCUT2D eigenvalue weighted by Crippen LogP contribution is -2.51. The number of nitrogens with one attached hydrogen (secondary N) is 1. The van der Waals surface area contributed by atoms with Gasteiger partial charge >= 0.3 is 0 Å². The third kappa shape index (κ3) is 4.96. The third-order valence-corrected chi connectivity index (χ3v) is 3.79. The Balaban J connectivity index is 0.00000200. The Kier molecular flexibility index (Phi) is 7.34. The molecule has 6 heteroatoms. The van der Waals surface area contributed by atoms with Gasteiger partial charge in [0.05, 0.1) is 17.5 Å². The zero-order chi connectivity index (χ0) is 13.7. The van der Waals surface area contributed by atoms with Crippen LogP contribution in [-0.2, 0) is 4.79 Å². The summed E-state index contributed by atoms with van der Waals surface area (Å²) in [6.45, 7) is 4.96. The molecule has 2 rings (SSSR count). The van der Waals surface area contributed by atoms with Gasteiger partial charge in [0.2, 0.25) is 5.91 Å². The van der Waals surface area contributed by atoms with Gasteiger partial charge in [0, 0.05) is 25.7 Å². The van der Waals surface area contributed by atoms with Gasteiger partial charge in [0.1, 0.15) is 5.75 Å². The first-order chi connectivity index (χ1) is 9.16. The molecule has 1 saturated heterocycles. The van der Waals surface area contributed by atoms with E-state index in [2.05, 4.69) is 28.2 Å². The van der Waals surface area contributed by atoms with Crippen molar-refractivity contribution < 1.29 is 9.53 Å². The average molecular weight is 364 g/mol. The number of hydrogen-bond acceptors (Lipinski definition) is 3. The van der Waals surface area contributed by atoms with Crippen molar-refractivity contribution in [1.82, 2.24) is 10.2 Å². The summed E-state index contributed by atoms with van der Waals surface area (Å²) in [5.41, 5.74) is 0. The summed E-state index contributed by atoms with van der Waals surface area (Å²) in [7, 11) is 0. The summed E-state index contributed by atoms with van der Waals surface area (Å²) >= 11 is 3.42. The lowest BCUT2D eigenvalue weighted by Gasteiger charge is -2.31. The molecule has 1 N–H and O–H groups in total. The molecule has 0 radical (unpaired) electrons. The number of para-hydroxylation sites is 1. The molecule has 4 nitrogen and oxygen atoms in total. The number of carbonyl (C=O) groups is 1. The van der Waals surface area contributed by atoms with Crippen LogP contribution in [0.25, 0.3) is 0 Å². The van der Waals surface area contributed by atoms with E-state index in [1.165, 1.54) is 0 Å². The van der Waals surface area contributed by atoms with E-state index in [0.717, 1.165) is 29.9 Å². The molecular formula is C14H20BrClN2O2. The Morgan fingerprint density at radius 2 is 2.25 bits per heavy atom. The molecule has 0 aromatic heterocycles. The van der Waals surface area contributed by atoms with Crippen LogP contribution in [0.3, 0.4) is 0 Å². The van der Waals surface area contributed by atoms with Gasteiger partial charge in [-0.25, -0.2) is 0 Å². The summed E-state index contributed by atoms with van der Waals surface area (Å²) in [5.74, 6) is 0.949. The van der Waals surface area contributed by atoms with Crippen molar-refractivity contribution in [1.29, 1.82) is 0 Å². The lowest BCUT2D eigenvalue weighted by molar-refractivity contribution is -0.132. The highest BCUT2D eigenvalue weighted by Gasteiger charge is 2.20. The highest BCUT2D eigenvalue weighted by atomic mass is 79.9. The molecule has 0 bridgehead atoms. The zero-order valence-corrected chi connectivity index (χ0v) is 13.9. The number of benzene rings is 1. The van der Waals surface area contributed by atoms with E-state index in [4.69, 9.17) is 4.74 Å². The number of rotatable bonds is 4. The first-order valence-electron chi connectivity index (χ1n) is 6.55. The van der Waals surface area contributed by atoms with Crippen molar-refractivity contribution in [2.24, 2.45) is 0 Å². The number of halogens is 2. The van der Waals surface area contributed by atoms with Crippen molar-refractivity contribution in [2.45, 2.75) is 19.4 Å². The highest BCUT2D eigenvalue weighted by Crippen LogP contribution is 2.23. The van der Waals surface area contributed by atoms with Crippen LogP contribution in [0.1, 0.15) is 13.3 Å². The minimum Gasteiger partial charge on any atom is -0.492 e. The van der Waals surface area contributed by atoms with E-state index in [0.29, 0.717) is 19.1 Å². The van der Waals surface area contributed by atoms with Crippen LogP contribution in [0.2, 0.25) is 0 Å². The molecule has 1 amide bonds. The van der Waals surface area contributed by atoms with Gasteiger partial charge in [0.15, 0.2) is 0 Å². The van der Waals surface area contributed by atoms with E-state index in [1.807, 2.05) is 29.2 Å². The second-order valence-electron chi connectivity index (χ2n) is 4.72. The molecule has 0 saturated carbocycles. The van der Waals surface area contributed by atoms with E-state index in [1.54, 1.807) is 0 Å². The Labute approximate surface area is 134 Å². The van der Waals surface area contributed by atoms with Crippen molar-refractivity contribution in [3.05, 3.63) is 28.7 Å². The SMILES string of the molecule is CC1CN(C(=O)CCOc2ccccc2Br)CCN1.Cl. The molecule has 0 aliphatic carbocycles. The standard InChI is InChI=1S/C14H19BrN2O2.ClH/c1-11-10-17(8-7-16-11)14(18)6-9-19-13-5-3-2-4-12(13)15;/h2-5,11,16H,6-10H2,1H3;1H. The fourth-order valence-electron chi connectivity index (χ4n) is 2.13. The van der Waals surface area contributed by atoms with Crippen LogP contribution in [0.5, 0.6) is 5.75 Å². The fourth-order valence-corrected chi connectivity index (χ4v) is 2.53. The van der Waals surface area contributed by atoms with Crippen LogP contribution >= 0.6 is 28.3 Å². The van der Waals surface area contributed by atoms with Gasteiger partial charge in [0.25, 0.3) is 0 Å². The minimum absolute atomic E-state index is 0. The first-order valence-corrected chi connectivity index (χ1v) is 7.34.